The summed E-state index contributed by atoms with van der Waals surface area (Å²) in [6.45, 7) is 5.76. The van der Waals surface area contributed by atoms with Crippen molar-refractivity contribution in [1.29, 1.82) is 0 Å². The molecule has 9 nitrogen and oxygen atoms in total. The minimum Gasteiger partial charge on any atom is -0.459 e. The van der Waals surface area contributed by atoms with E-state index in [2.05, 4.69) is 32.3 Å². The van der Waals surface area contributed by atoms with E-state index in [-0.39, 0.29) is 40.8 Å². The summed E-state index contributed by atoms with van der Waals surface area (Å²) in [5, 5.41) is 18.5. The molecule has 2 atom stereocenters. The molecule has 3 aromatic heterocycles. The molecule has 0 bridgehead atoms. The lowest BCUT2D eigenvalue weighted by Gasteiger charge is -2.22. The van der Waals surface area contributed by atoms with Crippen LogP contribution in [0, 0.1) is 5.95 Å². The van der Waals surface area contributed by atoms with E-state index in [1.807, 2.05) is 6.92 Å². The van der Waals surface area contributed by atoms with Gasteiger partial charge in [0.15, 0.2) is 11.5 Å². The van der Waals surface area contributed by atoms with Gasteiger partial charge in [-0.25, -0.2) is 14.5 Å². The number of anilines is 1. The number of nitrogen functional groups attached to an aromatic ring is 1. The molecule has 0 aromatic carbocycles. The molecular formula is C21H28FN7O2. The van der Waals surface area contributed by atoms with E-state index in [1.165, 1.54) is 10.7 Å². The van der Waals surface area contributed by atoms with Crippen molar-refractivity contribution in [1.82, 2.24) is 29.9 Å². The number of hydrogen-bond donors (Lipinski definition) is 3. The standard InChI is InChI=1S/C21H28FN7O2/c1-3-4-12(2)31-21-27-19(23)20-25-11-16(29(20)28-21)17(30)14-5-6-15(26-18(14)22)13-7-9-24-10-8-13/h5-6,11-13,17,24,30H,3-4,7-10H2,1-2H3,(H2,23,27,28). The van der Waals surface area contributed by atoms with Gasteiger partial charge in [-0.2, -0.15) is 9.37 Å². The second-order valence-electron chi connectivity index (χ2n) is 7.96. The van der Waals surface area contributed by atoms with Crippen molar-refractivity contribution in [3.63, 3.8) is 0 Å². The van der Waals surface area contributed by atoms with Crippen LogP contribution in [0.1, 0.15) is 68.5 Å². The summed E-state index contributed by atoms with van der Waals surface area (Å²) in [7, 11) is 0. The first-order valence-electron chi connectivity index (χ1n) is 10.7. The lowest BCUT2D eigenvalue weighted by molar-refractivity contribution is 0.186. The van der Waals surface area contributed by atoms with Gasteiger partial charge in [-0.05, 0) is 51.4 Å². The fourth-order valence-electron chi connectivity index (χ4n) is 3.95. The summed E-state index contributed by atoms with van der Waals surface area (Å²) < 4.78 is 21.9. The Kier molecular flexibility index (Phi) is 6.28. The molecule has 0 radical (unpaired) electrons. The molecule has 4 N–H and O–H groups in total. The van der Waals surface area contributed by atoms with Gasteiger partial charge < -0.3 is 20.9 Å². The summed E-state index contributed by atoms with van der Waals surface area (Å²) >= 11 is 0. The number of imidazole rings is 1. The predicted molar refractivity (Wildman–Crippen MR) is 113 cm³/mol. The molecule has 1 aliphatic rings. The molecule has 31 heavy (non-hydrogen) atoms. The number of aliphatic hydroxyl groups is 1. The second-order valence-corrected chi connectivity index (χ2v) is 7.96. The number of hydrogen-bond acceptors (Lipinski definition) is 8. The number of halogens is 1. The quantitative estimate of drug-likeness (QED) is 0.489. The Balaban J connectivity index is 1.64. The third-order valence-corrected chi connectivity index (χ3v) is 5.63. The highest BCUT2D eigenvalue weighted by Gasteiger charge is 2.24. The first kappa shape index (κ1) is 21.4. The van der Waals surface area contributed by atoms with Crippen LogP contribution in [0.3, 0.4) is 0 Å². The van der Waals surface area contributed by atoms with Crippen molar-refractivity contribution in [2.45, 2.75) is 57.7 Å². The summed E-state index contributed by atoms with van der Waals surface area (Å²) in [6.07, 6.45) is 3.61. The van der Waals surface area contributed by atoms with Crippen molar-refractivity contribution < 1.29 is 14.2 Å². The van der Waals surface area contributed by atoms with Gasteiger partial charge in [0.1, 0.15) is 6.10 Å². The molecular weight excluding hydrogens is 401 g/mol. The lowest BCUT2D eigenvalue weighted by atomic mass is 9.93. The van der Waals surface area contributed by atoms with Gasteiger partial charge in [0.05, 0.1) is 18.0 Å². The largest absolute Gasteiger partial charge is 0.459 e. The summed E-state index contributed by atoms with van der Waals surface area (Å²) in [5.41, 5.74) is 7.29. The number of nitrogens with zero attached hydrogens (tertiary/aromatic N) is 5. The molecule has 2 unspecified atom stereocenters. The van der Waals surface area contributed by atoms with E-state index < -0.39 is 12.1 Å². The van der Waals surface area contributed by atoms with Crippen molar-refractivity contribution in [2.24, 2.45) is 0 Å². The van der Waals surface area contributed by atoms with E-state index >= 15 is 0 Å². The summed E-state index contributed by atoms with van der Waals surface area (Å²) in [6, 6.07) is 3.44. The van der Waals surface area contributed by atoms with E-state index in [9.17, 15) is 9.50 Å². The van der Waals surface area contributed by atoms with E-state index in [0.717, 1.165) is 38.8 Å². The van der Waals surface area contributed by atoms with Crippen molar-refractivity contribution in [2.75, 3.05) is 18.8 Å². The van der Waals surface area contributed by atoms with E-state index in [1.54, 1.807) is 12.1 Å². The molecule has 1 saturated heterocycles. The molecule has 0 aliphatic carbocycles. The first-order chi connectivity index (χ1) is 15.0. The van der Waals surface area contributed by atoms with Crippen LogP contribution in [0.5, 0.6) is 6.01 Å². The zero-order valence-electron chi connectivity index (χ0n) is 17.8. The molecule has 0 spiro atoms. The third kappa shape index (κ3) is 4.45. The smallest absolute Gasteiger partial charge is 0.336 e. The van der Waals surface area contributed by atoms with Crippen LogP contribution >= 0.6 is 0 Å². The molecule has 0 saturated carbocycles. The average Bonchev–Trinajstić information content (AvgIpc) is 3.18. The Bertz CT molecular complexity index is 1050. The highest BCUT2D eigenvalue weighted by molar-refractivity contribution is 5.60. The number of aromatic nitrogens is 5. The Morgan fingerprint density at radius 2 is 2.10 bits per heavy atom. The maximum Gasteiger partial charge on any atom is 0.336 e. The molecule has 3 aromatic rings. The SMILES string of the molecule is CCCC(C)Oc1nc(N)c2ncc(C(O)c3ccc(C4CCNCC4)nc3F)n2n1. The number of aliphatic hydroxyl groups excluding tert-OH is 1. The second kappa shape index (κ2) is 9.11. The monoisotopic (exact) mass is 429 g/mol. The zero-order chi connectivity index (χ0) is 22.0. The number of nitrogens with one attached hydrogen (secondary N) is 1. The molecule has 166 valence electrons. The highest BCUT2D eigenvalue weighted by atomic mass is 19.1. The Hall–Kier alpha value is -2.85. The van der Waals surface area contributed by atoms with Gasteiger partial charge in [-0.15, -0.1) is 5.10 Å². The van der Waals surface area contributed by atoms with E-state index in [0.29, 0.717) is 5.69 Å². The summed E-state index contributed by atoms with van der Waals surface area (Å²) in [4.78, 5) is 12.5. The highest BCUT2D eigenvalue weighted by Crippen LogP contribution is 2.29. The maximum atomic E-state index is 14.9. The van der Waals surface area contributed by atoms with Crippen molar-refractivity contribution >= 4 is 11.5 Å². The Morgan fingerprint density at radius 1 is 1.32 bits per heavy atom. The summed E-state index contributed by atoms with van der Waals surface area (Å²) in [5.74, 6) is -0.365. The zero-order valence-corrected chi connectivity index (χ0v) is 17.8. The minimum atomic E-state index is -1.32. The number of ether oxygens (including phenoxy) is 1. The minimum absolute atomic E-state index is 0.0542. The van der Waals surface area contributed by atoms with Gasteiger partial charge in [-0.1, -0.05) is 13.3 Å². The number of fused-ring (bicyclic) bond motifs is 1. The van der Waals surface area contributed by atoms with Gasteiger partial charge >= 0.3 is 6.01 Å². The van der Waals surface area contributed by atoms with E-state index in [4.69, 9.17) is 10.5 Å². The van der Waals surface area contributed by atoms with Gasteiger partial charge in [0, 0.05) is 17.2 Å². The van der Waals surface area contributed by atoms with Crippen LogP contribution in [-0.2, 0) is 0 Å². The number of pyridine rings is 1. The lowest BCUT2D eigenvalue weighted by Crippen LogP contribution is -2.27. The van der Waals surface area contributed by atoms with Crippen LogP contribution in [0.4, 0.5) is 10.2 Å². The molecule has 10 heteroatoms. The normalized spacial score (nSPS) is 17.0. The maximum absolute atomic E-state index is 14.9. The molecule has 1 aliphatic heterocycles. The first-order valence-corrected chi connectivity index (χ1v) is 10.7. The van der Waals surface area contributed by atoms with Crippen LogP contribution in [0.15, 0.2) is 18.3 Å². The fraction of sp³-hybridized carbons (Fsp3) is 0.524. The van der Waals surface area contributed by atoms with Gasteiger partial charge in [-0.3, -0.25) is 0 Å². The number of piperidine rings is 1. The number of nitrogens with two attached hydrogens (primary N) is 1. The third-order valence-electron chi connectivity index (χ3n) is 5.63. The van der Waals surface area contributed by atoms with Gasteiger partial charge in [0.2, 0.25) is 5.95 Å². The number of rotatable bonds is 7. The Labute approximate surface area is 179 Å². The average molecular weight is 430 g/mol. The Morgan fingerprint density at radius 3 is 2.81 bits per heavy atom. The van der Waals surface area contributed by atoms with Crippen LogP contribution in [0.25, 0.3) is 5.65 Å². The van der Waals surface area contributed by atoms with Crippen LogP contribution in [-0.4, -0.2) is 48.9 Å². The predicted octanol–water partition coefficient (Wildman–Crippen LogP) is 2.36. The van der Waals surface area contributed by atoms with Crippen molar-refractivity contribution in [3.8, 4) is 6.01 Å². The van der Waals surface area contributed by atoms with Crippen LogP contribution in [0.2, 0.25) is 0 Å². The molecule has 4 heterocycles. The van der Waals surface area contributed by atoms with Crippen molar-refractivity contribution in [3.05, 3.63) is 41.2 Å². The fourth-order valence-corrected chi connectivity index (χ4v) is 3.95. The topological polar surface area (TPSA) is 123 Å². The molecule has 1 fully saturated rings. The van der Waals surface area contributed by atoms with Crippen LogP contribution < -0.4 is 15.8 Å². The van der Waals surface area contributed by atoms with Gasteiger partial charge in [0.25, 0.3) is 0 Å². The molecule has 4 rings (SSSR count). The molecule has 0 amide bonds.